The Morgan fingerprint density at radius 1 is 1.40 bits per heavy atom. The molecule has 0 aliphatic carbocycles. The fourth-order valence-corrected chi connectivity index (χ4v) is 1.32. The van der Waals surface area contributed by atoms with Crippen molar-refractivity contribution in [2.75, 3.05) is 31.7 Å². The molecule has 0 N–H and O–H groups in total. The minimum absolute atomic E-state index is 0.449. The molecule has 1 aromatic rings. The van der Waals surface area contributed by atoms with Crippen LogP contribution in [0, 0.1) is 0 Å². The monoisotopic (exact) mass is 229 g/mol. The minimum Gasteiger partial charge on any atom is -0.383 e. The van der Waals surface area contributed by atoms with Gasteiger partial charge in [-0.15, -0.1) is 11.6 Å². The molecule has 0 radical (unpaired) electrons. The number of aromatic nitrogens is 2. The van der Waals surface area contributed by atoms with Crippen LogP contribution in [0.2, 0.25) is 0 Å². The van der Waals surface area contributed by atoms with Crippen molar-refractivity contribution in [3.8, 4) is 0 Å². The van der Waals surface area contributed by atoms with Gasteiger partial charge in [-0.25, -0.2) is 9.97 Å². The molecule has 4 nitrogen and oxygen atoms in total. The van der Waals surface area contributed by atoms with E-state index in [0.717, 1.165) is 24.6 Å². The van der Waals surface area contributed by atoms with Crippen LogP contribution in [0.15, 0.2) is 12.4 Å². The van der Waals surface area contributed by atoms with Crippen molar-refractivity contribution in [1.82, 2.24) is 9.97 Å². The Balaban J connectivity index is 2.65. The summed E-state index contributed by atoms with van der Waals surface area (Å²) in [6.07, 6.45) is 3.51. The van der Waals surface area contributed by atoms with Crippen molar-refractivity contribution in [2.24, 2.45) is 0 Å². The van der Waals surface area contributed by atoms with Crippen LogP contribution < -0.4 is 4.90 Å². The smallest absolute Gasteiger partial charge is 0.225 e. The third kappa shape index (κ3) is 3.64. The fraction of sp³-hybridized carbons (Fsp3) is 0.600. The Hall–Kier alpha value is -0.870. The summed E-state index contributed by atoms with van der Waals surface area (Å²) in [4.78, 5) is 10.6. The van der Waals surface area contributed by atoms with Crippen LogP contribution in [0.5, 0.6) is 0 Å². The Bertz CT molecular complexity index is 279. The lowest BCUT2D eigenvalue weighted by Crippen LogP contribution is -2.28. The van der Waals surface area contributed by atoms with Crippen LogP contribution in [0.1, 0.15) is 12.5 Å². The second-order valence-corrected chi connectivity index (χ2v) is 3.36. The topological polar surface area (TPSA) is 38.2 Å². The van der Waals surface area contributed by atoms with Crippen molar-refractivity contribution in [1.29, 1.82) is 0 Å². The molecule has 0 aliphatic rings. The molecule has 0 atom stereocenters. The maximum absolute atomic E-state index is 5.66. The van der Waals surface area contributed by atoms with E-state index in [-0.39, 0.29) is 0 Å². The Kier molecular flexibility index (Phi) is 5.36. The zero-order valence-electron chi connectivity index (χ0n) is 9.11. The van der Waals surface area contributed by atoms with Gasteiger partial charge in [0.15, 0.2) is 0 Å². The van der Waals surface area contributed by atoms with E-state index >= 15 is 0 Å². The van der Waals surface area contributed by atoms with Gasteiger partial charge in [0.2, 0.25) is 5.95 Å². The van der Waals surface area contributed by atoms with Crippen molar-refractivity contribution in [3.05, 3.63) is 18.0 Å². The highest BCUT2D eigenvalue weighted by molar-refractivity contribution is 6.17. The van der Waals surface area contributed by atoms with E-state index in [0.29, 0.717) is 12.5 Å². The predicted molar refractivity (Wildman–Crippen MR) is 61.4 cm³/mol. The highest BCUT2D eigenvalue weighted by Gasteiger charge is 2.06. The molecule has 0 saturated heterocycles. The number of alkyl halides is 1. The van der Waals surface area contributed by atoms with E-state index in [2.05, 4.69) is 21.8 Å². The summed E-state index contributed by atoms with van der Waals surface area (Å²) in [5.74, 6) is 1.17. The first kappa shape index (κ1) is 12.2. The van der Waals surface area contributed by atoms with Gasteiger partial charge in [-0.1, -0.05) is 0 Å². The number of halogens is 1. The Labute approximate surface area is 95.2 Å². The van der Waals surface area contributed by atoms with E-state index in [9.17, 15) is 0 Å². The van der Waals surface area contributed by atoms with Gasteiger partial charge >= 0.3 is 0 Å². The average Bonchev–Trinajstić information content (AvgIpc) is 2.31. The van der Waals surface area contributed by atoms with Crippen LogP contribution in [-0.2, 0) is 10.6 Å². The summed E-state index contributed by atoms with van der Waals surface area (Å²) in [6.45, 7) is 4.40. The number of rotatable bonds is 6. The third-order valence-corrected chi connectivity index (χ3v) is 2.38. The largest absolute Gasteiger partial charge is 0.383 e. The lowest BCUT2D eigenvalue weighted by Gasteiger charge is -2.19. The van der Waals surface area contributed by atoms with E-state index in [1.54, 1.807) is 19.5 Å². The van der Waals surface area contributed by atoms with Crippen LogP contribution in [0.4, 0.5) is 5.95 Å². The molecule has 0 bridgehead atoms. The minimum atomic E-state index is 0.449. The van der Waals surface area contributed by atoms with Gasteiger partial charge in [0.05, 0.1) is 12.5 Å². The second kappa shape index (κ2) is 6.58. The fourth-order valence-electron chi connectivity index (χ4n) is 1.18. The summed E-state index contributed by atoms with van der Waals surface area (Å²) >= 11 is 5.66. The molecule has 0 aromatic carbocycles. The normalized spacial score (nSPS) is 10.3. The van der Waals surface area contributed by atoms with E-state index in [1.807, 2.05) is 0 Å². The number of ether oxygens (including phenoxy) is 1. The van der Waals surface area contributed by atoms with Gasteiger partial charge in [0, 0.05) is 38.2 Å². The first-order valence-corrected chi connectivity index (χ1v) is 5.46. The highest BCUT2D eigenvalue weighted by atomic mass is 35.5. The molecule has 1 rings (SSSR count). The lowest BCUT2D eigenvalue weighted by molar-refractivity contribution is 0.205. The molecule has 0 spiro atoms. The Morgan fingerprint density at radius 3 is 2.53 bits per heavy atom. The van der Waals surface area contributed by atoms with E-state index < -0.39 is 0 Å². The predicted octanol–water partition coefficient (Wildman–Crippen LogP) is 1.69. The Morgan fingerprint density at radius 2 is 2.07 bits per heavy atom. The summed E-state index contributed by atoms with van der Waals surface area (Å²) in [5, 5.41) is 0. The molecular formula is C10H16ClN3O. The molecule has 0 unspecified atom stereocenters. The molecular weight excluding hydrogens is 214 g/mol. The SMILES string of the molecule is CCN(CCOC)c1ncc(CCl)cn1. The van der Waals surface area contributed by atoms with Gasteiger partial charge in [0.1, 0.15) is 0 Å². The highest BCUT2D eigenvalue weighted by Crippen LogP contribution is 2.07. The number of hydrogen-bond acceptors (Lipinski definition) is 4. The van der Waals surface area contributed by atoms with Crippen LogP contribution in [0.25, 0.3) is 0 Å². The zero-order valence-corrected chi connectivity index (χ0v) is 9.87. The molecule has 1 heterocycles. The van der Waals surface area contributed by atoms with E-state index in [4.69, 9.17) is 16.3 Å². The molecule has 0 amide bonds. The number of anilines is 1. The van der Waals surface area contributed by atoms with Gasteiger partial charge in [-0.05, 0) is 6.92 Å². The first-order valence-electron chi connectivity index (χ1n) is 4.92. The second-order valence-electron chi connectivity index (χ2n) is 3.10. The molecule has 15 heavy (non-hydrogen) atoms. The number of hydrogen-bond donors (Lipinski definition) is 0. The summed E-state index contributed by atoms with van der Waals surface area (Å²) in [5.41, 5.74) is 0.934. The zero-order chi connectivity index (χ0) is 11.1. The summed E-state index contributed by atoms with van der Waals surface area (Å²) in [7, 11) is 1.69. The van der Waals surface area contributed by atoms with Gasteiger partial charge in [0.25, 0.3) is 0 Å². The number of likely N-dealkylation sites (N-methyl/N-ethyl adjacent to an activating group) is 1. The molecule has 0 aliphatic heterocycles. The third-order valence-electron chi connectivity index (χ3n) is 2.08. The maximum Gasteiger partial charge on any atom is 0.225 e. The van der Waals surface area contributed by atoms with Crippen LogP contribution in [0.3, 0.4) is 0 Å². The average molecular weight is 230 g/mol. The standard InChI is InChI=1S/C10H16ClN3O/c1-3-14(4-5-15-2)10-12-7-9(6-11)8-13-10/h7-8H,3-6H2,1-2H3. The van der Waals surface area contributed by atoms with Crippen molar-refractivity contribution in [3.63, 3.8) is 0 Å². The molecule has 5 heteroatoms. The summed E-state index contributed by atoms with van der Waals surface area (Å²) in [6, 6.07) is 0. The lowest BCUT2D eigenvalue weighted by atomic mass is 10.4. The molecule has 1 aromatic heterocycles. The number of methoxy groups -OCH3 is 1. The van der Waals surface area contributed by atoms with E-state index in [1.165, 1.54) is 0 Å². The molecule has 0 fully saturated rings. The van der Waals surface area contributed by atoms with Crippen LogP contribution in [-0.4, -0.2) is 36.8 Å². The van der Waals surface area contributed by atoms with Gasteiger partial charge in [-0.2, -0.15) is 0 Å². The number of nitrogens with zero attached hydrogens (tertiary/aromatic N) is 3. The molecule has 84 valence electrons. The van der Waals surface area contributed by atoms with Crippen molar-refractivity contribution >= 4 is 17.5 Å². The van der Waals surface area contributed by atoms with Crippen LogP contribution >= 0.6 is 11.6 Å². The first-order chi connectivity index (χ1) is 7.31. The van der Waals surface area contributed by atoms with Crippen molar-refractivity contribution in [2.45, 2.75) is 12.8 Å². The van der Waals surface area contributed by atoms with Crippen molar-refractivity contribution < 1.29 is 4.74 Å². The summed E-state index contributed by atoms with van der Waals surface area (Å²) < 4.78 is 5.02. The van der Waals surface area contributed by atoms with Gasteiger partial charge in [-0.3, -0.25) is 0 Å². The maximum atomic E-state index is 5.66. The molecule has 0 saturated carbocycles. The quantitative estimate of drug-likeness (QED) is 0.696. The van der Waals surface area contributed by atoms with Gasteiger partial charge < -0.3 is 9.64 Å².